The van der Waals surface area contributed by atoms with Crippen molar-refractivity contribution in [2.24, 2.45) is 5.92 Å². The second kappa shape index (κ2) is 10.3. The van der Waals surface area contributed by atoms with Crippen molar-refractivity contribution in [3.05, 3.63) is 65.2 Å². The summed E-state index contributed by atoms with van der Waals surface area (Å²) < 4.78 is 0. The number of nitrogens with zero attached hydrogens (tertiary/aromatic N) is 2. The Morgan fingerprint density at radius 3 is 2.22 bits per heavy atom. The van der Waals surface area contributed by atoms with E-state index in [1.165, 1.54) is 18.4 Å². The molecule has 32 heavy (non-hydrogen) atoms. The van der Waals surface area contributed by atoms with E-state index in [0.717, 1.165) is 29.9 Å². The Hall–Kier alpha value is -2.70. The highest BCUT2D eigenvalue weighted by Gasteiger charge is 2.32. The first-order chi connectivity index (χ1) is 15.5. The van der Waals surface area contributed by atoms with Gasteiger partial charge < -0.3 is 15.5 Å². The lowest BCUT2D eigenvalue weighted by atomic mass is 10.0. The molecule has 0 spiro atoms. The standard InChI is InChI=1S/C26H34N4O2/c1-19-7-6-8-20(2)25(19)28-23(31)18-29-13-15-30(16-14-29)24(32)17-27-26(22-11-12-22)21-9-4-3-5-10-21/h3-10,22,26-27H,11-18H2,1-2H3,(H,28,31). The molecule has 1 saturated carbocycles. The molecule has 170 valence electrons. The van der Waals surface area contributed by atoms with Crippen molar-refractivity contribution >= 4 is 17.5 Å². The molecule has 2 amide bonds. The van der Waals surface area contributed by atoms with Crippen molar-refractivity contribution in [3.8, 4) is 0 Å². The fourth-order valence-corrected chi connectivity index (χ4v) is 4.50. The molecule has 1 aliphatic heterocycles. The molecule has 0 radical (unpaired) electrons. The molecule has 2 aromatic carbocycles. The van der Waals surface area contributed by atoms with Crippen molar-refractivity contribution in [3.63, 3.8) is 0 Å². The number of rotatable bonds is 8. The largest absolute Gasteiger partial charge is 0.339 e. The van der Waals surface area contributed by atoms with Crippen LogP contribution in [0, 0.1) is 19.8 Å². The highest BCUT2D eigenvalue weighted by molar-refractivity contribution is 5.93. The molecule has 1 heterocycles. The summed E-state index contributed by atoms with van der Waals surface area (Å²) >= 11 is 0. The minimum absolute atomic E-state index is 0.000945. The number of nitrogens with one attached hydrogen (secondary N) is 2. The third-order valence-electron chi connectivity index (χ3n) is 6.56. The van der Waals surface area contributed by atoms with Gasteiger partial charge in [0.2, 0.25) is 11.8 Å². The molecule has 6 heteroatoms. The maximum atomic E-state index is 12.8. The van der Waals surface area contributed by atoms with Gasteiger partial charge in [-0.1, -0.05) is 48.5 Å². The predicted octanol–water partition coefficient (Wildman–Crippen LogP) is 3.13. The zero-order valence-electron chi connectivity index (χ0n) is 19.1. The van der Waals surface area contributed by atoms with E-state index in [1.54, 1.807) is 0 Å². The van der Waals surface area contributed by atoms with Gasteiger partial charge in [-0.05, 0) is 49.3 Å². The molecule has 1 unspecified atom stereocenters. The lowest BCUT2D eigenvalue weighted by molar-refractivity contribution is -0.132. The summed E-state index contributed by atoms with van der Waals surface area (Å²) in [6, 6.07) is 16.7. The zero-order chi connectivity index (χ0) is 22.5. The van der Waals surface area contributed by atoms with Gasteiger partial charge in [-0.25, -0.2) is 0 Å². The van der Waals surface area contributed by atoms with Gasteiger partial charge in [0.1, 0.15) is 0 Å². The highest BCUT2D eigenvalue weighted by atomic mass is 16.2. The van der Waals surface area contributed by atoms with Crippen LogP contribution in [0.25, 0.3) is 0 Å². The molecule has 2 aliphatic rings. The summed E-state index contributed by atoms with van der Waals surface area (Å²) in [6.45, 7) is 7.49. The molecule has 2 aromatic rings. The molecule has 0 aromatic heterocycles. The van der Waals surface area contributed by atoms with Gasteiger partial charge in [-0.15, -0.1) is 0 Å². The average molecular weight is 435 g/mol. The summed E-state index contributed by atoms with van der Waals surface area (Å²) in [5.74, 6) is 0.780. The van der Waals surface area contributed by atoms with Crippen LogP contribution in [-0.2, 0) is 9.59 Å². The van der Waals surface area contributed by atoms with Crippen LogP contribution in [0.3, 0.4) is 0 Å². The number of amides is 2. The van der Waals surface area contributed by atoms with Crippen LogP contribution in [0.2, 0.25) is 0 Å². The maximum absolute atomic E-state index is 12.8. The minimum Gasteiger partial charge on any atom is -0.339 e. The summed E-state index contributed by atoms with van der Waals surface area (Å²) in [7, 11) is 0. The van der Waals surface area contributed by atoms with Crippen LogP contribution in [0.15, 0.2) is 48.5 Å². The van der Waals surface area contributed by atoms with Gasteiger partial charge in [0.05, 0.1) is 13.1 Å². The number of carbonyl (C=O) groups excluding carboxylic acids is 2. The van der Waals surface area contributed by atoms with E-state index in [4.69, 9.17) is 0 Å². The third kappa shape index (κ3) is 5.75. The van der Waals surface area contributed by atoms with E-state index in [2.05, 4.69) is 39.8 Å². The summed E-state index contributed by atoms with van der Waals surface area (Å²) in [6.07, 6.45) is 2.45. The van der Waals surface area contributed by atoms with E-state index in [1.807, 2.05) is 43.0 Å². The minimum atomic E-state index is -0.000945. The predicted molar refractivity (Wildman–Crippen MR) is 127 cm³/mol. The molecule has 2 fully saturated rings. The third-order valence-corrected chi connectivity index (χ3v) is 6.56. The smallest absolute Gasteiger partial charge is 0.238 e. The molecule has 1 aliphatic carbocycles. The monoisotopic (exact) mass is 434 g/mol. The van der Waals surface area contributed by atoms with E-state index in [9.17, 15) is 9.59 Å². The molecule has 1 saturated heterocycles. The molecule has 6 nitrogen and oxygen atoms in total. The SMILES string of the molecule is Cc1cccc(C)c1NC(=O)CN1CCN(C(=O)CNC(c2ccccc2)C2CC2)CC1. The Balaban J connectivity index is 1.22. The quantitative estimate of drug-likeness (QED) is 0.670. The lowest BCUT2D eigenvalue weighted by Crippen LogP contribution is -2.52. The first kappa shape index (κ1) is 22.5. The molecule has 0 bridgehead atoms. The Morgan fingerprint density at radius 1 is 0.938 bits per heavy atom. The summed E-state index contributed by atoms with van der Waals surface area (Å²) in [5, 5.41) is 6.56. The molecular weight excluding hydrogens is 400 g/mol. The number of benzene rings is 2. The topological polar surface area (TPSA) is 64.7 Å². The Bertz CT molecular complexity index is 914. The van der Waals surface area contributed by atoms with Crippen molar-refractivity contribution in [1.82, 2.24) is 15.1 Å². The number of para-hydroxylation sites is 1. The molecule has 4 rings (SSSR count). The van der Waals surface area contributed by atoms with Crippen LogP contribution >= 0.6 is 0 Å². The second-order valence-electron chi connectivity index (χ2n) is 9.08. The van der Waals surface area contributed by atoms with Crippen LogP contribution in [0.4, 0.5) is 5.69 Å². The summed E-state index contributed by atoms with van der Waals surface area (Å²) in [4.78, 5) is 29.4. The normalized spacial score (nSPS) is 17.8. The van der Waals surface area contributed by atoms with Crippen molar-refractivity contribution < 1.29 is 9.59 Å². The number of aryl methyl sites for hydroxylation is 2. The van der Waals surface area contributed by atoms with Gasteiger partial charge in [-0.3, -0.25) is 14.5 Å². The first-order valence-corrected chi connectivity index (χ1v) is 11.7. The summed E-state index contributed by atoms with van der Waals surface area (Å²) in [5.41, 5.74) is 4.31. The number of piperazine rings is 1. The Labute approximate surface area is 191 Å². The average Bonchev–Trinajstić information content (AvgIpc) is 3.63. The van der Waals surface area contributed by atoms with Crippen LogP contribution < -0.4 is 10.6 Å². The zero-order valence-corrected chi connectivity index (χ0v) is 19.1. The number of carbonyl (C=O) groups is 2. The second-order valence-corrected chi connectivity index (χ2v) is 9.08. The van der Waals surface area contributed by atoms with Crippen molar-refractivity contribution in [1.29, 1.82) is 0 Å². The van der Waals surface area contributed by atoms with E-state index < -0.39 is 0 Å². The number of hydrogen-bond donors (Lipinski definition) is 2. The van der Waals surface area contributed by atoms with Crippen molar-refractivity contribution in [2.45, 2.75) is 32.7 Å². The van der Waals surface area contributed by atoms with Gasteiger partial charge in [-0.2, -0.15) is 0 Å². The fourth-order valence-electron chi connectivity index (χ4n) is 4.50. The molecule has 2 N–H and O–H groups in total. The first-order valence-electron chi connectivity index (χ1n) is 11.7. The van der Waals surface area contributed by atoms with Crippen LogP contribution in [0.5, 0.6) is 0 Å². The molecule has 1 atom stereocenters. The lowest BCUT2D eigenvalue weighted by Gasteiger charge is -2.34. The molecular formula is C26H34N4O2. The Morgan fingerprint density at radius 2 is 1.59 bits per heavy atom. The number of anilines is 1. The Kier molecular flexibility index (Phi) is 7.22. The van der Waals surface area contributed by atoms with Gasteiger partial charge >= 0.3 is 0 Å². The van der Waals surface area contributed by atoms with E-state index in [-0.39, 0.29) is 17.9 Å². The number of hydrogen-bond acceptors (Lipinski definition) is 4. The van der Waals surface area contributed by atoms with E-state index >= 15 is 0 Å². The van der Waals surface area contributed by atoms with Crippen LogP contribution in [0.1, 0.15) is 35.6 Å². The maximum Gasteiger partial charge on any atom is 0.238 e. The van der Waals surface area contributed by atoms with Gasteiger partial charge in [0.25, 0.3) is 0 Å². The van der Waals surface area contributed by atoms with Crippen molar-refractivity contribution in [2.75, 3.05) is 44.6 Å². The highest BCUT2D eigenvalue weighted by Crippen LogP contribution is 2.40. The van der Waals surface area contributed by atoms with Gasteiger partial charge in [0.15, 0.2) is 0 Å². The van der Waals surface area contributed by atoms with E-state index in [0.29, 0.717) is 32.1 Å². The fraction of sp³-hybridized carbons (Fsp3) is 0.462. The van der Waals surface area contributed by atoms with Crippen LogP contribution in [-0.4, -0.2) is 60.9 Å². The van der Waals surface area contributed by atoms with Gasteiger partial charge in [0, 0.05) is 37.9 Å².